The van der Waals surface area contributed by atoms with Gasteiger partial charge in [-0.05, 0) is 30.5 Å². The van der Waals surface area contributed by atoms with E-state index in [0.29, 0.717) is 30.7 Å². The first-order valence-electron chi connectivity index (χ1n) is 7.89. The topological polar surface area (TPSA) is 65.2 Å². The molecular formula is C17H19FN2O3. The first-order valence-corrected chi connectivity index (χ1v) is 7.89. The molecule has 1 aliphatic carbocycles. The van der Waals surface area contributed by atoms with Crippen molar-refractivity contribution in [2.24, 2.45) is 0 Å². The van der Waals surface area contributed by atoms with Crippen molar-refractivity contribution in [3.8, 4) is 0 Å². The Morgan fingerprint density at radius 1 is 1.39 bits per heavy atom. The van der Waals surface area contributed by atoms with Crippen LogP contribution in [0.4, 0.5) is 4.39 Å². The standard InChI is InChI=1S/C17H19FN2O3/c1-2-14-19-15(23-20-14)11-22-16(21)17(8-3-4-9-17)12-6-5-7-13(18)10-12/h5-7,10H,2-4,8-9,11H2,1H3. The van der Waals surface area contributed by atoms with E-state index in [9.17, 15) is 9.18 Å². The van der Waals surface area contributed by atoms with Crippen molar-refractivity contribution in [2.75, 3.05) is 0 Å². The van der Waals surface area contributed by atoms with Crippen LogP contribution >= 0.6 is 0 Å². The molecule has 5 nitrogen and oxygen atoms in total. The van der Waals surface area contributed by atoms with Gasteiger partial charge in [-0.3, -0.25) is 4.79 Å². The summed E-state index contributed by atoms with van der Waals surface area (Å²) in [7, 11) is 0. The van der Waals surface area contributed by atoms with Crippen LogP contribution < -0.4 is 0 Å². The molecular weight excluding hydrogens is 299 g/mol. The number of rotatable bonds is 5. The molecule has 2 aromatic rings. The van der Waals surface area contributed by atoms with Crippen molar-refractivity contribution >= 4 is 5.97 Å². The fraction of sp³-hybridized carbons (Fsp3) is 0.471. The molecule has 122 valence electrons. The van der Waals surface area contributed by atoms with E-state index in [1.807, 2.05) is 6.92 Å². The van der Waals surface area contributed by atoms with Crippen LogP contribution in [0.5, 0.6) is 0 Å². The monoisotopic (exact) mass is 318 g/mol. The number of esters is 1. The van der Waals surface area contributed by atoms with Crippen LogP contribution in [0.1, 0.15) is 49.9 Å². The number of carbonyl (C=O) groups is 1. The highest BCUT2D eigenvalue weighted by molar-refractivity contribution is 5.83. The molecule has 0 aliphatic heterocycles. The summed E-state index contributed by atoms with van der Waals surface area (Å²) in [4.78, 5) is 16.8. The number of aromatic nitrogens is 2. The van der Waals surface area contributed by atoms with Crippen molar-refractivity contribution in [3.05, 3.63) is 47.4 Å². The van der Waals surface area contributed by atoms with E-state index in [1.165, 1.54) is 12.1 Å². The van der Waals surface area contributed by atoms with Gasteiger partial charge < -0.3 is 9.26 Å². The third-order valence-corrected chi connectivity index (χ3v) is 4.38. The van der Waals surface area contributed by atoms with Crippen molar-refractivity contribution in [3.63, 3.8) is 0 Å². The fourth-order valence-electron chi connectivity index (χ4n) is 3.13. The summed E-state index contributed by atoms with van der Waals surface area (Å²) < 4.78 is 24.0. The van der Waals surface area contributed by atoms with Crippen molar-refractivity contribution in [1.29, 1.82) is 0 Å². The molecule has 0 spiro atoms. The molecule has 3 rings (SSSR count). The largest absolute Gasteiger partial charge is 0.455 e. The number of halogens is 1. The Kier molecular flexibility index (Phi) is 4.41. The second-order valence-electron chi connectivity index (χ2n) is 5.83. The molecule has 1 aliphatic rings. The number of nitrogens with zero attached hydrogens (tertiary/aromatic N) is 2. The smallest absolute Gasteiger partial charge is 0.317 e. The van der Waals surface area contributed by atoms with E-state index in [1.54, 1.807) is 12.1 Å². The van der Waals surface area contributed by atoms with E-state index in [4.69, 9.17) is 9.26 Å². The Morgan fingerprint density at radius 2 is 2.17 bits per heavy atom. The van der Waals surface area contributed by atoms with Gasteiger partial charge in [0.2, 0.25) is 0 Å². The summed E-state index contributed by atoms with van der Waals surface area (Å²) in [5.41, 5.74) is -0.0878. The van der Waals surface area contributed by atoms with E-state index in [-0.39, 0.29) is 24.3 Å². The summed E-state index contributed by atoms with van der Waals surface area (Å²) >= 11 is 0. The molecule has 0 bridgehead atoms. The molecule has 1 aromatic carbocycles. The molecule has 1 heterocycles. The Hall–Kier alpha value is -2.24. The Morgan fingerprint density at radius 3 is 2.83 bits per heavy atom. The molecule has 0 unspecified atom stereocenters. The van der Waals surface area contributed by atoms with Crippen molar-refractivity contribution in [1.82, 2.24) is 10.1 Å². The third-order valence-electron chi connectivity index (χ3n) is 4.38. The van der Waals surface area contributed by atoms with Gasteiger partial charge in [-0.15, -0.1) is 0 Å². The lowest BCUT2D eigenvalue weighted by Gasteiger charge is -2.26. The fourth-order valence-corrected chi connectivity index (χ4v) is 3.13. The van der Waals surface area contributed by atoms with Crippen LogP contribution in [0.25, 0.3) is 0 Å². The normalized spacial score (nSPS) is 16.4. The van der Waals surface area contributed by atoms with Gasteiger partial charge in [-0.1, -0.05) is 37.1 Å². The maximum Gasteiger partial charge on any atom is 0.317 e. The van der Waals surface area contributed by atoms with Gasteiger partial charge in [-0.25, -0.2) is 4.39 Å². The molecule has 1 aromatic heterocycles. The van der Waals surface area contributed by atoms with Gasteiger partial charge in [0.15, 0.2) is 12.4 Å². The van der Waals surface area contributed by atoms with Crippen molar-refractivity contribution < 1.29 is 18.4 Å². The zero-order valence-corrected chi connectivity index (χ0v) is 13.0. The quantitative estimate of drug-likeness (QED) is 0.791. The lowest BCUT2D eigenvalue weighted by molar-refractivity contribution is -0.152. The maximum atomic E-state index is 13.6. The Balaban J connectivity index is 1.76. The summed E-state index contributed by atoms with van der Waals surface area (Å²) in [6.07, 6.45) is 3.83. The van der Waals surface area contributed by atoms with Gasteiger partial charge in [0.05, 0.1) is 5.41 Å². The zero-order chi connectivity index (χ0) is 16.3. The van der Waals surface area contributed by atoms with Crippen molar-refractivity contribution in [2.45, 2.75) is 51.0 Å². The van der Waals surface area contributed by atoms with Crippen LogP contribution in [-0.2, 0) is 28.0 Å². The maximum absolute atomic E-state index is 13.6. The average molecular weight is 318 g/mol. The predicted octanol–water partition coefficient (Wildman–Crippen LogP) is 3.33. The predicted molar refractivity (Wildman–Crippen MR) is 80.0 cm³/mol. The second-order valence-corrected chi connectivity index (χ2v) is 5.83. The van der Waals surface area contributed by atoms with Gasteiger partial charge in [-0.2, -0.15) is 4.98 Å². The highest BCUT2D eigenvalue weighted by Gasteiger charge is 2.44. The van der Waals surface area contributed by atoms with Crippen LogP contribution in [0.3, 0.4) is 0 Å². The van der Waals surface area contributed by atoms with Crippen LogP contribution in [-0.4, -0.2) is 16.1 Å². The SMILES string of the molecule is CCc1noc(COC(=O)C2(c3cccc(F)c3)CCCC2)n1. The van der Waals surface area contributed by atoms with E-state index < -0.39 is 5.41 Å². The van der Waals surface area contributed by atoms with E-state index in [2.05, 4.69) is 10.1 Å². The first kappa shape index (κ1) is 15.6. The molecule has 0 amide bonds. The van der Waals surface area contributed by atoms with Gasteiger partial charge in [0.25, 0.3) is 5.89 Å². The highest BCUT2D eigenvalue weighted by Crippen LogP contribution is 2.42. The molecule has 6 heteroatoms. The highest BCUT2D eigenvalue weighted by atomic mass is 19.1. The van der Waals surface area contributed by atoms with Crippen LogP contribution in [0.15, 0.2) is 28.8 Å². The minimum absolute atomic E-state index is 0.0527. The van der Waals surface area contributed by atoms with Gasteiger partial charge in [0.1, 0.15) is 5.82 Å². The minimum Gasteiger partial charge on any atom is -0.455 e. The molecule has 1 saturated carbocycles. The average Bonchev–Trinajstić information content (AvgIpc) is 3.22. The van der Waals surface area contributed by atoms with E-state index in [0.717, 1.165) is 12.8 Å². The molecule has 0 radical (unpaired) electrons. The Labute approximate surface area is 133 Å². The summed E-state index contributed by atoms with van der Waals surface area (Å²) in [5, 5.41) is 3.77. The van der Waals surface area contributed by atoms with Gasteiger partial charge in [0, 0.05) is 6.42 Å². The lowest BCUT2D eigenvalue weighted by atomic mass is 9.79. The molecule has 0 saturated heterocycles. The summed E-state index contributed by atoms with van der Waals surface area (Å²) in [5.74, 6) is 0.169. The minimum atomic E-state index is -0.768. The number of hydrogen-bond acceptors (Lipinski definition) is 5. The number of hydrogen-bond donors (Lipinski definition) is 0. The summed E-state index contributed by atoms with van der Waals surface area (Å²) in [6, 6.07) is 6.22. The Bertz CT molecular complexity index is 693. The lowest BCUT2D eigenvalue weighted by Crippen LogP contribution is -2.34. The number of benzene rings is 1. The summed E-state index contributed by atoms with van der Waals surface area (Å²) in [6.45, 7) is 1.86. The second kappa shape index (κ2) is 6.48. The first-order chi connectivity index (χ1) is 11.1. The van der Waals surface area contributed by atoms with Crippen LogP contribution in [0.2, 0.25) is 0 Å². The molecule has 0 N–H and O–H groups in total. The number of carbonyl (C=O) groups excluding carboxylic acids is 1. The molecule has 0 atom stereocenters. The van der Waals surface area contributed by atoms with Crippen LogP contribution in [0, 0.1) is 5.82 Å². The molecule has 23 heavy (non-hydrogen) atoms. The van der Waals surface area contributed by atoms with Gasteiger partial charge >= 0.3 is 5.97 Å². The third kappa shape index (κ3) is 3.11. The zero-order valence-electron chi connectivity index (χ0n) is 13.0. The number of aryl methyl sites for hydroxylation is 1. The number of ether oxygens (including phenoxy) is 1. The molecule has 1 fully saturated rings. The van der Waals surface area contributed by atoms with E-state index >= 15 is 0 Å².